The van der Waals surface area contributed by atoms with Crippen LogP contribution in [0.2, 0.25) is 0 Å². The second-order valence-corrected chi connectivity index (χ2v) is 5.96. The molecular formula is C9H14N4O4S. The largest absolute Gasteiger partial charge is 0.325 e. The molecule has 8 nitrogen and oxygen atoms in total. The predicted octanol–water partition coefficient (Wildman–Crippen LogP) is -1.95. The lowest BCUT2D eigenvalue weighted by Crippen LogP contribution is -2.53. The van der Waals surface area contributed by atoms with E-state index in [2.05, 4.69) is 10.3 Å². The fourth-order valence-electron chi connectivity index (χ4n) is 1.89. The van der Waals surface area contributed by atoms with Gasteiger partial charge in [0.25, 0.3) is 5.56 Å². The summed E-state index contributed by atoms with van der Waals surface area (Å²) in [6.45, 7) is 3.11. The van der Waals surface area contributed by atoms with Gasteiger partial charge >= 0.3 is 5.69 Å². The summed E-state index contributed by atoms with van der Waals surface area (Å²) in [5, 5.41) is 3.06. The Kier molecular flexibility index (Phi) is 3.37. The van der Waals surface area contributed by atoms with Crippen LogP contribution in [-0.4, -0.2) is 48.4 Å². The molecule has 18 heavy (non-hydrogen) atoms. The van der Waals surface area contributed by atoms with Crippen molar-refractivity contribution in [1.29, 1.82) is 0 Å². The van der Waals surface area contributed by atoms with Gasteiger partial charge in [0.2, 0.25) is 10.0 Å². The highest BCUT2D eigenvalue weighted by atomic mass is 32.2. The molecule has 100 valence electrons. The zero-order valence-corrected chi connectivity index (χ0v) is 10.6. The van der Waals surface area contributed by atoms with E-state index < -0.39 is 26.2 Å². The third-order valence-electron chi connectivity index (χ3n) is 2.81. The molecule has 1 aliphatic rings. The highest BCUT2D eigenvalue weighted by Gasteiger charge is 2.32. The lowest BCUT2D eigenvalue weighted by atomic mass is 10.3. The number of hydrogen-bond acceptors (Lipinski definition) is 5. The number of H-pyrrole nitrogens is 2. The Labute approximate surface area is 103 Å². The minimum atomic E-state index is -3.88. The summed E-state index contributed by atoms with van der Waals surface area (Å²) in [5.74, 6) is 0. The van der Waals surface area contributed by atoms with Crippen molar-refractivity contribution in [2.24, 2.45) is 0 Å². The monoisotopic (exact) mass is 274 g/mol. The predicted molar refractivity (Wildman–Crippen MR) is 63.9 cm³/mol. The molecule has 0 bridgehead atoms. The molecule has 9 heteroatoms. The van der Waals surface area contributed by atoms with E-state index in [9.17, 15) is 18.0 Å². The Balaban J connectivity index is 2.47. The molecule has 0 saturated carbocycles. The summed E-state index contributed by atoms with van der Waals surface area (Å²) in [4.78, 5) is 26.1. The van der Waals surface area contributed by atoms with Crippen LogP contribution in [0.4, 0.5) is 0 Å². The van der Waals surface area contributed by atoms with Crippen molar-refractivity contribution in [3.8, 4) is 0 Å². The lowest BCUT2D eigenvalue weighted by molar-refractivity contribution is 0.283. The summed E-state index contributed by atoms with van der Waals surface area (Å²) in [5.41, 5.74) is -1.63. The fourth-order valence-corrected chi connectivity index (χ4v) is 3.52. The van der Waals surface area contributed by atoms with Crippen LogP contribution >= 0.6 is 0 Å². The molecule has 0 amide bonds. The van der Waals surface area contributed by atoms with Gasteiger partial charge < -0.3 is 10.3 Å². The SMILES string of the molecule is C[C@@H]1CNCCN1S(=O)(=O)c1c[nH]c(=O)[nH]c1=O. The summed E-state index contributed by atoms with van der Waals surface area (Å²) in [7, 11) is -3.88. The minimum Gasteiger partial charge on any atom is -0.314 e. The first-order valence-corrected chi connectivity index (χ1v) is 6.91. The quantitative estimate of drug-likeness (QED) is 0.579. The van der Waals surface area contributed by atoms with Crippen LogP contribution in [-0.2, 0) is 10.0 Å². The molecule has 0 aliphatic carbocycles. The number of hydrogen-bond donors (Lipinski definition) is 3. The van der Waals surface area contributed by atoms with Crippen molar-refractivity contribution >= 4 is 10.0 Å². The minimum absolute atomic E-state index is 0.241. The molecule has 0 radical (unpaired) electrons. The maximum absolute atomic E-state index is 12.3. The van der Waals surface area contributed by atoms with Gasteiger partial charge in [-0.1, -0.05) is 0 Å². The van der Waals surface area contributed by atoms with Crippen LogP contribution in [0.25, 0.3) is 0 Å². The molecule has 3 N–H and O–H groups in total. The molecule has 0 spiro atoms. The smallest absolute Gasteiger partial charge is 0.314 e. The van der Waals surface area contributed by atoms with E-state index in [0.717, 1.165) is 6.20 Å². The molecule has 0 aromatic carbocycles. The van der Waals surface area contributed by atoms with E-state index in [0.29, 0.717) is 19.6 Å². The van der Waals surface area contributed by atoms with Gasteiger partial charge in [0, 0.05) is 31.9 Å². The molecule has 1 aromatic rings. The van der Waals surface area contributed by atoms with E-state index in [1.165, 1.54) is 4.31 Å². The molecular weight excluding hydrogens is 260 g/mol. The van der Waals surface area contributed by atoms with E-state index in [1.54, 1.807) is 6.92 Å². The van der Waals surface area contributed by atoms with E-state index in [1.807, 2.05) is 4.98 Å². The third kappa shape index (κ3) is 2.24. The van der Waals surface area contributed by atoms with Crippen molar-refractivity contribution in [3.05, 3.63) is 27.0 Å². The van der Waals surface area contributed by atoms with Gasteiger partial charge in [-0.2, -0.15) is 4.31 Å². The number of aromatic amines is 2. The van der Waals surface area contributed by atoms with Gasteiger partial charge in [-0.25, -0.2) is 13.2 Å². The number of aromatic nitrogens is 2. The first kappa shape index (κ1) is 13.0. The summed E-state index contributed by atoms with van der Waals surface area (Å²) < 4.78 is 25.8. The van der Waals surface area contributed by atoms with Crippen LogP contribution in [0.3, 0.4) is 0 Å². The van der Waals surface area contributed by atoms with Gasteiger partial charge in [0.15, 0.2) is 4.90 Å². The van der Waals surface area contributed by atoms with Gasteiger partial charge in [-0.15, -0.1) is 0 Å². The van der Waals surface area contributed by atoms with E-state index in [-0.39, 0.29) is 6.04 Å². The molecule has 1 saturated heterocycles. The second kappa shape index (κ2) is 4.67. The van der Waals surface area contributed by atoms with Crippen LogP contribution in [0.5, 0.6) is 0 Å². The lowest BCUT2D eigenvalue weighted by Gasteiger charge is -2.32. The molecule has 2 heterocycles. The topological polar surface area (TPSA) is 115 Å². The van der Waals surface area contributed by atoms with Gasteiger partial charge in [-0.05, 0) is 6.92 Å². The second-order valence-electron chi connectivity index (χ2n) is 4.11. The summed E-state index contributed by atoms with van der Waals surface area (Å²) >= 11 is 0. The number of nitrogens with one attached hydrogen (secondary N) is 3. The van der Waals surface area contributed by atoms with Gasteiger partial charge in [0.05, 0.1) is 0 Å². The highest BCUT2D eigenvalue weighted by molar-refractivity contribution is 7.89. The molecule has 1 atom stereocenters. The fraction of sp³-hybridized carbons (Fsp3) is 0.556. The molecule has 1 fully saturated rings. The Morgan fingerprint density at radius 3 is 2.72 bits per heavy atom. The highest BCUT2D eigenvalue weighted by Crippen LogP contribution is 2.14. The van der Waals surface area contributed by atoms with E-state index in [4.69, 9.17) is 0 Å². The van der Waals surface area contributed by atoms with Crippen molar-refractivity contribution in [2.75, 3.05) is 19.6 Å². The summed E-state index contributed by atoms with van der Waals surface area (Å²) in [6, 6.07) is -0.241. The van der Waals surface area contributed by atoms with Gasteiger partial charge in [0.1, 0.15) is 0 Å². The Hall–Kier alpha value is -1.45. The van der Waals surface area contributed by atoms with Gasteiger partial charge in [-0.3, -0.25) is 9.78 Å². The average Bonchev–Trinajstić information content (AvgIpc) is 2.28. The number of nitrogens with zero attached hydrogens (tertiary/aromatic N) is 1. The Morgan fingerprint density at radius 2 is 2.11 bits per heavy atom. The van der Waals surface area contributed by atoms with Crippen molar-refractivity contribution in [2.45, 2.75) is 17.9 Å². The molecule has 1 aliphatic heterocycles. The zero-order valence-electron chi connectivity index (χ0n) is 9.76. The van der Waals surface area contributed by atoms with Crippen LogP contribution < -0.4 is 16.6 Å². The number of piperazine rings is 1. The first-order valence-electron chi connectivity index (χ1n) is 5.47. The Bertz CT molecular complexity index is 647. The van der Waals surface area contributed by atoms with Crippen molar-refractivity contribution in [1.82, 2.24) is 19.6 Å². The zero-order chi connectivity index (χ0) is 13.3. The van der Waals surface area contributed by atoms with Crippen molar-refractivity contribution < 1.29 is 8.42 Å². The number of sulfonamides is 1. The van der Waals surface area contributed by atoms with Crippen LogP contribution in [0.1, 0.15) is 6.92 Å². The molecule has 1 aromatic heterocycles. The van der Waals surface area contributed by atoms with Crippen LogP contribution in [0, 0.1) is 0 Å². The maximum Gasteiger partial charge on any atom is 0.325 e. The summed E-state index contributed by atoms with van der Waals surface area (Å²) in [6.07, 6.45) is 0.936. The Morgan fingerprint density at radius 1 is 1.39 bits per heavy atom. The third-order valence-corrected chi connectivity index (χ3v) is 4.83. The first-order chi connectivity index (χ1) is 8.43. The average molecular weight is 274 g/mol. The standard InChI is InChI=1S/C9H14N4O4S/c1-6-4-10-2-3-13(6)18(16,17)7-5-11-9(15)12-8(7)14/h5-6,10H,2-4H2,1H3,(H2,11,12,14,15)/t6-/m1/s1. The van der Waals surface area contributed by atoms with Crippen molar-refractivity contribution in [3.63, 3.8) is 0 Å². The maximum atomic E-state index is 12.3. The van der Waals surface area contributed by atoms with Crippen LogP contribution in [0.15, 0.2) is 20.7 Å². The number of rotatable bonds is 2. The molecule has 0 unspecified atom stereocenters. The molecule has 2 rings (SSSR count). The van der Waals surface area contributed by atoms with E-state index >= 15 is 0 Å². The normalized spacial score (nSPS) is 21.9.